The van der Waals surface area contributed by atoms with Crippen LogP contribution in [0.5, 0.6) is 0 Å². The molecule has 1 unspecified atom stereocenters. The molecule has 1 N–H and O–H groups in total. The molecule has 1 atom stereocenters. The second kappa shape index (κ2) is 6.61. The van der Waals surface area contributed by atoms with E-state index in [1.807, 2.05) is 0 Å². The van der Waals surface area contributed by atoms with Crippen molar-refractivity contribution in [2.45, 2.75) is 53.0 Å². The van der Waals surface area contributed by atoms with E-state index in [4.69, 9.17) is 4.98 Å². The number of hydrogen-bond acceptors (Lipinski definition) is 2. The zero-order valence-corrected chi connectivity index (χ0v) is 14.1. The lowest BCUT2D eigenvalue weighted by Crippen LogP contribution is -2.33. The number of nitrogens with one attached hydrogen (secondary N) is 1. The molecule has 0 amide bonds. The summed E-state index contributed by atoms with van der Waals surface area (Å²) in [4.78, 5) is 4.81. The smallest absolute Gasteiger partial charge is 0.110 e. The summed E-state index contributed by atoms with van der Waals surface area (Å²) in [5.41, 5.74) is 2.57. The van der Waals surface area contributed by atoms with Gasteiger partial charge in [-0.25, -0.2) is 4.98 Å². The highest BCUT2D eigenvalue weighted by Crippen LogP contribution is 2.28. The fourth-order valence-corrected chi connectivity index (χ4v) is 3.15. The quantitative estimate of drug-likeness (QED) is 0.836. The lowest BCUT2D eigenvalue weighted by molar-refractivity contribution is 0.280. The first-order chi connectivity index (χ1) is 9.93. The number of rotatable bonds is 7. The lowest BCUT2D eigenvalue weighted by atomic mass is 9.82. The molecule has 116 valence electrons. The van der Waals surface area contributed by atoms with Crippen molar-refractivity contribution in [2.75, 3.05) is 6.54 Å². The van der Waals surface area contributed by atoms with E-state index in [-0.39, 0.29) is 5.41 Å². The summed E-state index contributed by atoms with van der Waals surface area (Å²) in [6.07, 6.45) is 3.36. The minimum atomic E-state index is 0.245. The second-order valence-electron chi connectivity index (χ2n) is 6.98. The largest absolute Gasteiger partial charge is 0.331 e. The molecule has 0 saturated carbocycles. The second-order valence-corrected chi connectivity index (χ2v) is 6.98. The lowest BCUT2D eigenvalue weighted by Gasteiger charge is -2.28. The maximum atomic E-state index is 4.81. The van der Waals surface area contributed by atoms with Crippen molar-refractivity contribution in [3.63, 3.8) is 0 Å². The van der Waals surface area contributed by atoms with Gasteiger partial charge in [0.25, 0.3) is 0 Å². The molecule has 0 radical (unpaired) electrons. The Labute approximate surface area is 128 Å². The Morgan fingerprint density at radius 1 is 1.29 bits per heavy atom. The molecule has 1 heterocycles. The van der Waals surface area contributed by atoms with Gasteiger partial charge in [-0.15, -0.1) is 0 Å². The van der Waals surface area contributed by atoms with Crippen LogP contribution in [0.15, 0.2) is 24.3 Å². The Hall–Kier alpha value is -1.35. The van der Waals surface area contributed by atoms with E-state index >= 15 is 0 Å². The van der Waals surface area contributed by atoms with E-state index in [1.54, 1.807) is 0 Å². The van der Waals surface area contributed by atoms with Gasteiger partial charge in [0.1, 0.15) is 5.82 Å². The number of nitrogens with zero attached hydrogens (tertiary/aromatic N) is 2. The molecule has 0 aliphatic rings. The Morgan fingerprint density at radius 2 is 2.00 bits per heavy atom. The third kappa shape index (κ3) is 4.07. The van der Waals surface area contributed by atoms with E-state index < -0.39 is 0 Å². The normalized spacial score (nSPS) is 13.8. The third-order valence-electron chi connectivity index (χ3n) is 4.12. The fraction of sp³-hybridized carbons (Fsp3) is 0.611. The predicted molar refractivity (Wildman–Crippen MR) is 90.6 cm³/mol. The number of para-hydroxylation sites is 2. The first kappa shape index (κ1) is 16.0. The van der Waals surface area contributed by atoms with Crippen LogP contribution >= 0.6 is 0 Å². The van der Waals surface area contributed by atoms with Crippen LogP contribution in [-0.2, 0) is 13.5 Å². The first-order valence-electron chi connectivity index (χ1n) is 8.06. The molecule has 2 aromatic rings. The third-order valence-corrected chi connectivity index (χ3v) is 4.12. The molecule has 3 heteroatoms. The van der Waals surface area contributed by atoms with Crippen LogP contribution in [0.4, 0.5) is 0 Å². The molecule has 0 aliphatic carbocycles. The van der Waals surface area contributed by atoms with Gasteiger partial charge >= 0.3 is 0 Å². The first-order valence-corrected chi connectivity index (χ1v) is 8.06. The van der Waals surface area contributed by atoms with E-state index in [0.29, 0.717) is 6.04 Å². The van der Waals surface area contributed by atoms with Gasteiger partial charge in [0.15, 0.2) is 0 Å². The standard InChI is InChI=1S/C18H29N3/c1-6-11-19-14(2)12-18(3,4)13-17-20-15-9-7-8-10-16(15)21(17)5/h7-10,14,19H,6,11-13H2,1-5H3. The Balaban J connectivity index is 2.09. The van der Waals surface area contributed by atoms with E-state index in [1.165, 1.54) is 17.8 Å². The zero-order chi connectivity index (χ0) is 15.5. The van der Waals surface area contributed by atoms with Gasteiger partial charge in [0.2, 0.25) is 0 Å². The van der Waals surface area contributed by atoms with Crippen LogP contribution < -0.4 is 5.32 Å². The molecule has 0 fully saturated rings. The highest BCUT2D eigenvalue weighted by atomic mass is 15.1. The number of aromatic nitrogens is 2. The van der Waals surface area contributed by atoms with E-state index in [2.05, 4.69) is 68.9 Å². The van der Waals surface area contributed by atoms with Crippen molar-refractivity contribution in [3.05, 3.63) is 30.1 Å². The average molecular weight is 287 g/mol. The number of fused-ring (bicyclic) bond motifs is 1. The minimum absolute atomic E-state index is 0.245. The number of benzene rings is 1. The summed E-state index contributed by atoms with van der Waals surface area (Å²) in [5.74, 6) is 1.18. The molecule has 0 spiro atoms. The van der Waals surface area contributed by atoms with Gasteiger partial charge < -0.3 is 9.88 Å². The zero-order valence-electron chi connectivity index (χ0n) is 14.1. The van der Waals surface area contributed by atoms with Crippen LogP contribution in [-0.4, -0.2) is 22.1 Å². The maximum Gasteiger partial charge on any atom is 0.110 e. The van der Waals surface area contributed by atoms with Crippen LogP contribution in [0.1, 0.15) is 46.4 Å². The van der Waals surface area contributed by atoms with Crippen molar-refractivity contribution in [2.24, 2.45) is 12.5 Å². The number of aryl methyl sites for hydroxylation is 1. The summed E-state index contributed by atoms with van der Waals surface area (Å²) >= 11 is 0. The summed E-state index contributed by atoms with van der Waals surface area (Å²) in [6.45, 7) is 10.3. The van der Waals surface area contributed by atoms with E-state index in [0.717, 1.165) is 24.9 Å². The molecular weight excluding hydrogens is 258 g/mol. The summed E-state index contributed by atoms with van der Waals surface area (Å²) in [5, 5.41) is 3.59. The molecule has 1 aromatic carbocycles. The van der Waals surface area contributed by atoms with Gasteiger partial charge in [-0.2, -0.15) is 0 Å². The van der Waals surface area contributed by atoms with Crippen LogP contribution in [0.3, 0.4) is 0 Å². The topological polar surface area (TPSA) is 29.9 Å². The molecule has 0 bridgehead atoms. The van der Waals surface area contributed by atoms with E-state index in [9.17, 15) is 0 Å². The Morgan fingerprint density at radius 3 is 2.67 bits per heavy atom. The molecule has 1 aromatic heterocycles. The van der Waals surface area contributed by atoms with Gasteiger partial charge in [-0.05, 0) is 43.9 Å². The predicted octanol–water partition coefficient (Wildman–Crippen LogP) is 3.92. The van der Waals surface area contributed by atoms with Crippen molar-refractivity contribution in [1.82, 2.24) is 14.9 Å². The summed E-state index contributed by atoms with van der Waals surface area (Å²) in [7, 11) is 2.12. The Kier molecular flexibility index (Phi) is 5.04. The van der Waals surface area contributed by atoms with Crippen LogP contribution in [0.25, 0.3) is 11.0 Å². The molecular formula is C18H29N3. The highest BCUT2D eigenvalue weighted by molar-refractivity contribution is 5.75. The summed E-state index contributed by atoms with van der Waals surface area (Å²) < 4.78 is 2.24. The molecule has 0 aliphatic heterocycles. The van der Waals surface area contributed by atoms with Crippen molar-refractivity contribution >= 4 is 11.0 Å². The molecule has 2 rings (SSSR count). The SMILES string of the molecule is CCCNC(C)CC(C)(C)Cc1nc2ccccc2n1C. The Bertz CT molecular complexity index is 583. The van der Waals surface area contributed by atoms with Crippen molar-refractivity contribution < 1.29 is 0 Å². The van der Waals surface area contributed by atoms with Gasteiger partial charge in [0, 0.05) is 19.5 Å². The van der Waals surface area contributed by atoms with Crippen molar-refractivity contribution in [1.29, 1.82) is 0 Å². The minimum Gasteiger partial charge on any atom is -0.331 e. The summed E-state index contributed by atoms with van der Waals surface area (Å²) in [6, 6.07) is 8.92. The highest BCUT2D eigenvalue weighted by Gasteiger charge is 2.24. The van der Waals surface area contributed by atoms with Gasteiger partial charge in [-0.3, -0.25) is 0 Å². The fourth-order valence-electron chi connectivity index (χ4n) is 3.15. The number of hydrogen-bond donors (Lipinski definition) is 1. The number of imidazole rings is 1. The van der Waals surface area contributed by atoms with Gasteiger partial charge in [-0.1, -0.05) is 32.9 Å². The average Bonchev–Trinajstić information content (AvgIpc) is 2.72. The van der Waals surface area contributed by atoms with Crippen LogP contribution in [0.2, 0.25) is 0 Å². The maximum absolute atomic E-state index is 4.81. The molecule has 21 heavy (non-hydrogen) atoms. The van der Waals surface area contributed by atoms with Crippen molar-refractivity contribution in [3.8, 4) is 0 Å². The monoisotopic (exact) mass is 287 g/mol. The van der Waals surface area contributed by atoms with Gasteiger partial charge in [0.05, 0.1) is 11.0 Å². The molecule has 3 nitrogen and oxygen atoms in total. The molecule has 0 saturated heterocycles. The van der Waals surface area contributed by atoms with Crippen LogP contribution in [0, 0.1) is 5.41 Å².